The molecule has 68 valence electrons. The fraction of sp³-hybridized carbons (Fsp3) is 0.364. The van der Waals surface area contributed by atoms with Gasteiger partial charge < -0.3 is 0 Å². The minimum absolute atomic E-state index is 0.170. The fourth-order valence-electron chi connectivity index (χ4n) is 1.73. The van der Waals surface area contributed by atoms with E-state index in [1.807, 2.05) is 6.92 Å². The predicted octanol–water partition coefficient (Wildman–Crippen LogP) is 3.05. The molecule has 0 aliphatic heterocycles. The smallest absolute Gasteiger partial charge is 0.189 e. The third-order valence-electron chi connectivity index (χ3n) is 2.66. The van der Waals surface area contributed by atoms with Gasteiger partial charge in [0.05, 0.1) is 0 Å². The summed E-state index contributed by atoms with van der Waals surface area (Å²) in [6.45, 7) is 7.91. The minimum Gasteiger partial charge on any atom is -0.289 e. The Morgan fingerprint density at radius 2 is 2.00 bits per heavy atom. The van der Waals surface area contributed by atoms with Crippen LogP contribution in [0.15, 0.2) is 12.2 Å². The second kappa shape index (κ2) is 2.81. The van der Waals surface area contributed by atoms with Crippen LogP contribution in [0.25, 0.3) is 0 Å². The first kappa shape index (κ1) is 8.70. The Bertz CT molecular complexity index is 398. The summed E-state index contributed by atoms with van der Waals surface area (Å²) in [5, 5.41) is 0. The maximum absolute atomic E-state index is 11.8. The molecule has 0 radical (unpaired) electrons. The second-order valence-corrected chi connectivity index (χ2v) is 4.82. The van der Waals surface area contributed by atoms with Gasteiger partial charge in [-0.15, -0.1) is 11.3 Å². The summed E-state index contributed by atoms with van der Waals surface area (Å²) >= 11 is 1.76. The average molecular weight is 192 g/mol. The fourth-order valence-corrected chi connectivity index (χ4v) is 2.90. The van der Waals surface area contributed by atoms with E-state index in [-0.39, 0.29) is 5.78 Å². The predicted molar refractivity (Wildman–Crippen MR) is 55.6 cm³/mol. The molecular formula is C11H12OS. The van der Waals surface area contributed by atoms with Crippen LogP contribution in [0.1, 0.15) is 32.1 Å². The molecule has 1 nitrogen and oxygen atoms in total. The van der Waals surface area contributed by atoms with Crippen molar-refractivity contribution in [3.8, 4) is 0 Å². The molecule has 0 amide bonds. The maximum Gasteiger partial charge on any atom is 0.189 e. The molecule has 1 aromatic heterocycles. The Balaban J connectivity index is 2.64. The summed E-state index contributed by atoms with van der Waals surface area (Å²) in [6.07, 6.45) is 1.84. The molecule has 2 heteroatoms. The average Bonchev–Trinajstić information content (AvgIpc) is 2.37. The maximum atomic E-state index is 11.8. The van der Waals surface area contributed by atoms with E-state index in [2.05, 4.69) is 13.5 Å². The van der Waals surface area contributed by atoms with Gasteiger partial charge in [-0.25, -0.2) is 0 Å². The summed E-state index contributed by atoms with van der Waals surface area (Å²) in [6, 6.07) is 0. The molecular weight excluding hydrogens is 180 g/mol. The van der Waals surface area contributed by atoms with Crippen LogP contribution < -0.4 is 0 Å². The molecule has 1 aromatic rings. The van der Waals surface area contributed by atoms with E-state index in [1.165, 1.54) is 9.75 Å². The first-order valence-corrected chi connectivity index (χ1v) is 5.24. The molecule has 0 N–H and O–H groups in total. The molecule has 0 saturated carbocycles. The Morgan fingerprint density at radius 3 is 2.69 bits per heavy atom. The normalized spacial score (nSPS) is 16.2. The zero-order valence-corrected chi connectivity index (χ0v) is 8.75. The van der Waals surface area contributed by atoms with Gasteiger partial charge in [0.1, 0.15) is 0 Å². The first-order valence-electron chi connectivity index (χ1n) is 4.42. The van der Waals surface area contributed by atoms with Gasteiger partial charge in [0.15, 0.2) is 5.78 Å². The van der Waals surface area contributed by atoms with Crippen molar-refractivity contribution in [3.63, 3.8) is 0 Å². The highest BCUT2D eigenvalue weighted by Gasteiger charge is 2.25. The van der Waals surface area contributed by atoms with Crippen LogP contribution in [-0.4, -0.2) is 5.78 Å². The van der Waals surface area contributed by atoms with E-state index in [9.17, 15) is 4.79 Å². The molecule has 0 atom stereocenters. The van der Waals surface area contributed by atoms with E-state index >= 15 is 0 Å². The van der Waals surface area contributed by atoms with Gasteiger partial charge in [0, 0.05) is 15.3 Å². The van der Waals surface area contributed by atoms with E-state index in [0.717, 1.165) is 29.5 Å². The van der Waals surface area contributed by atoms with Gasteiger partial charge in [0.25, 0.3) is 0 Å². The minimum atomic E-state index is 0.170. The number of carbonyl (C=O) groups excluding carboxylic acids is 1. The van der Waals surface area contributed by atoms with Gasteiger partial charge >= 0.3 is 0 Å². The van der Waals surface area contributed by atoms with Crippen molar-refractivity contribution in [3.05, 3.63) is 33.0 Å². The summed E-state index contributed by atoms with van der Waals surface area (Å²) in [5.74, 6) is 0.170. The van der Waals surface area contributed by atoms with Crippen LogP contribution in [0.5, 0.6) is 0 Å². The lowest BCUT2D eigenvalue weighted by atomic mass is 9.91. The third kappa shape index (κ3) is 1.17. The van der Waals surface area contributed by atoms with Gasteiger partial charge in [-0.2, -0.15) is 0 Å². The van der Waals surface area contributed by atoms with Crippen molar-refractivity contribution >= 4 is 17.1 Å². The zero-order chi connectivity index (χ0) is 9.59. The van der Waals surface area contributed by atoms with Gasteiger partial charge in [-0.05, 0) is 37.8 Å². The number of thiophene rings is 1. The number of hydrogen-bond acceptors (Lipinski definition) is 2. The molecule has 0 bridgehead atoms. The van der Waals surface area contributed by atoms with Crippen molar-refractivity contribution < 1.29 is 4.79 Å². The zero-order valence-electron chi connectivity index (χ0n) is 7.94. The number of Topliss-reactive ketones (excluding diaryl/α,β-unsaturated/α-hetero) is 1. The summed E-state index contributed by atoms with van der Waals surface area (Å²) in [4.78, 5) is 14.3. The lowest BCUT2D eigenvalue weighted by molar-refractivity contribution is 0.102. The molecule has 1 aliphatic carbocycles. The molecule has 0 saturated heterocycles. The van der Waals surface area contributed by atoms with Crippen molar-refractivity contribution in [2.75, 3.05) is 0 Å². The largest absolute Gasteiger partial charge is 0.289 e. The SMILES string of the molecule is C=C1CCc2sc(C)c(C)c2C1=O. The van der Waals surface area contributed by atoms with Crippen LogP contribution in [0.2, 0.25) is 0 Å². The molecule has 0 unspecified atom stereocenters. The molecule has 1 heterocycles. The first-order chi connectivity index (χ1) is 6.11. The molecule has 2 rings (SSSR count). The van der Waals surface area contributed by atoms with Crippen molar-refractivity contribution in [2.24, 2.45) is 0 Å². The van der Waals surface area contributed by atoms with Gasteiger partial charge in [-0.3, -0.25) is 4.79 Å². The Kier molecular flexibility index (Phi) is 1.88. The monoisotopic (exact) mass is 192 g/mol. The van der Waals surface area contributed by atoms with Crippen LogP contribution >= 0.6 is 11.3 Å². The van der Waals surface area contributed by atoms with E-state index in [4.69, 9.17) is 0 Å². The molecule has 1 aliphatic rings. The lowest BCUT2D eigenvalue weighted by Gasteiger charge is -2.12. The number of aryl methyl sites for hydroxylation is 2. The van der Waals surface area contributed by atoms with E-state index in [1.54, 1.807) is 11.3 Å². The van der Waals surface area contributed by atoms with Crippen LogP contribution in [0.3, 0.4) is 0 Å². The van der Waals surface area contributed by atoms with Crippen molar-refractivity contribution in [1.82, 2.24) is 0 Å². The van der Waals surface area contributed by atoms with Crippen molar-refractivity contribution in [1.29, 1.82) is 0 Å². The van der Waals surface area contributed by atoms with Gasteiger partial charge in [-0.1, -0.05) is 6.58 Å². The number of ketones is 1. The standard InChI is InChI=1S/C11H12OS/c1-6-4-5-9-10(11(6)12)7(2)8(3)13-9/h1,4-5H2,2-3H3. The van der Waals surface area contributed by atoms with Crippen LogP contribution in [0, 0.1) is 13.8 Å². The third-order valence-corrected chi connectivity index (χ3v) is 3.93. The number of rotatable bonds is 0. The Labute approximate surface area is 82.1 Å². The van der Waals surface area contributed by atoms with Crippen LogP contribution in [-0.2, 0) is 6.42 Å². The van der Waals surface area contributed by atoms with E-state index in [0.29, 0.717) is 0 Å². The summed E-state index contributed by atoms with van der Waals surface area (Å²) in [7, 11) is 0. The number of allylic oxidation sites excluding steroid dienone is 1. The Hall–Kier alpha value is -0.890. The van der Waals surface area contributed by atoms with Gasteiger partial charge in [0.2, 0.25) is 0 Å². The molecule has 0 spiro atoms. The van der Waals surface area contributed by atoms with Crippen molar-refractivity contribution in [2.45, 2.75) is 26.7 Å². The highest BCUT2D eigenvalue weighted by molar-refractivity contribution is 7.12. The number of carbonyl (C=O) groups is 1. The quantitative estimate of drug-likeness (QED) is 0.577. The number of hydrogen-bond donors (Lipinski definition) is 0. The van der Waals surface area contributed by atoms with Crippen LogP contribution in [0.4, 0.5) is 0 Å². The second-order valence-electron chi connectivity index (χ2n) is 3.51. The highest BCUT2D eigenvalue weighted by atomic mass is 32.1. The Morgan fingerprint density at radius 1 is 1.31 bits per heavy atom. The summed E-state index contributed by atoms with van der Waals surface area (Å²) in [5.41, 5.74) is 2.87. The highest BCUT2D eigenvalue weighted by Crippen LogP contribution is 2.34. The molecule has 13 heavy (non-hydrogen) atoms. The molecule has 0 fully saturated rings. The molecule has 0 aromatic carbocycles. The lowest BCUT2D eigenvalue weighted by Crippen LogP contribution is -2.11. The summed E-state index contributed by atoms with van der Waals surface area (Å²) < 4.78 is 0. The topological polar surface area (TPSA) is 17.1 Å². The number of fused-ring (bicyclic) bond motifs is 1. The van der Waals surface area contributed by atoms with E-state index < -0.39 is 0 Å².